The molecule has 1 N–H and O–H groups in total. The highest BCUT2D eigenvalue weighted by atomic mass is 16.5. The minimum absolute atomic E-state index is 0.180. The molecule has 8 heteroatoms. The van der Waals surface area contributed by atoms with Crippen LogP contribution < -0.4 is 10.1 Å². The van der Waals surface area contributed by atoms with Gasteiger partial charge in [0, 0.05) is 24.1 Å². The first-order valence-corrected chi connectivity index (χ1v) is 9.13. The SMILES string of the molecule is CCOC(=O)c1ccc(NC(=O)CCc2nnc(-c3cccc(OC)c3)o2)cc1. The molecule has 0 atom stereocenters. The van der Waals surface area contributed by atoms with E-state index in [0.717, 1.165) is 5.56 Å². The second-order valence-electron chi connectivity index (χ2n) is 6.08. The molecular formula is C21H21N3O5. The topological polar surface area (TPSA) is 104 Å². The Balaban J connectivity index is 1.53. The fourth-order valence-electron chi connectivity index (χ4n) is 2.58. The molecule has 0 radical (unpaired) electrons. The zero-order valence-corrected chi connectivity index (χ0v) is 16.2. The van der Waals surface area contributed by atoms with Crippen LogP contribution in [0, 0.1) is 0 Å². The van der Waals surface area contributed by atoms with Gasteiger partial charge in [0.25, 0.3) is 0 Å². The third-order valence-electron chi connectivity index (χ3n) is 4.03. The van der Waals surface area contributed by atoms with E-state index in [9.17, 15) is 9.59 Å². The third kappa shape index (κ3) is 5.41. The smallest absolute Gasteiger partial charge is 0.338 e. The van der Waals surface area contributed by atoms with Crippen molar-refractivity contribution < 1.29 is 23.5 Å². The Kier molecular flexibility index (Phi) is 6.57. The predicted molar refractivity (Wildman–Crippen MR) is 106 cm³/mol. The molecule has 29 heavy (non-hydrogen) atoms. The summed E-state index contributed by atoms with van der Waals surface area (Å²) in [6.07, 6.45) is 0.489. The lowest BCUT2D eigenvalue weighted by Crippen LogP contribution is -2.12. The Morgan fingerprint density at radius 2 is 1.90 bits per heavy atom. The van der Waals surface area contributed by atoms with Crippen molar-refractivity contribution in [1.29, 1.82) is 0 Å². The highest BCUT2D eigenvalue weighted by molar-refractivity contribution is 5.93. The van der Waals surface area contributed by atoms with Gasteiger partial charge in [-0.3, -0.25) is 4.79 Å². The van der Waals surface area contributed by atoms with Crippen molar-refractivity contribution in [2.75, 3.05) is 19.0 Å². The van der Waals surface area contributed by atoms with Gasteiger partial charge in [0.15, 0.2) is 0 Å². The molecule has 150 valence electrons. The minimum Gasteiger partial charge on any atom is -0.497 e. The molecular weight excluding hydrogens is 374 g/mol. The van der Waals surface area contributed by atoms with Crippen molar-refractivity contribution in [3.05, 3.63) is 60.0 Å². The van der Waals surface area contributed by atoms with Crippen LogP contribution in [0.2, 0.25) is 0 Å². The van der Waals surface area contributed by atoms with Crippen molar-refractivity contribution >= 4 is 17.6 Å². The molecule has 1 aromatic heterocycles. The number of aromatic nitrogens is 2. The Morgan fingerprint density at radius 1 is 1.10 bits per heavy atom. The molecule has 8 nitrogen and oxygen atoms in total. The van der Waals surface area contributed by atoms with E-state index in [1.807, 2.05) is 18.2 Å². The average molecular weight is 395 g/mol. The van der Waals surface area contributed by atoms with Crippen LogP contribution in [-0.2, 0) is 16.0 Å². The fourth-order valence-corrected chi connectivity index (χ4v) is 2.58. The summed E-state index contributed by atoms with van der Waals surface area (Å²) in [5, 5.41) is 10.8. The zero-order chi connectivity index (χ0) is 20.6. The molecule has 0 saturated carbocycles. The Morgan fingerprint density at radius 3 is 2.62 bits per heavy atom. The van der Waals surface area contributed by atoms with Gasteiger partial charge in [-0.05, 0) is 49.4 Å². The van der Waals surface area contributed by atoms with Gasteiger partial charge in [-0.1, -0.05) is 6.07 Å². The van der Waals surface area contributed by atoms with Gasteiger partial charge >= 0.3 is 5.97 Å². The van der Waals surface area contributed by atoms with Gasteiger partial charge in [-0.15, -0.1) is 10.2 Å². The number of hydrogen-bond donors (Lipinski definition) is 1. The lowest BCUT2D eigenvalue weighted by molar-refractivity contribution is -0.116. The van der Waals surface area contributed by atoms with Crippen LogP contribution in [0.25, 0.3) is 11.5 Å². The number of anilines is 1. The van der Waals surface area contributed by atoms with E-state index < -0.39 is 5.97 Å². The second-order valence-corrected chi connectivity index (χ2v) is 6.08. The van der Waals surface area contributed by atoms with Crippen molar-refractivity contribution in [2.45, 2.75) is 19.8 Å². The number of aryl methyl sites for hydroxylation is 1. The third-order valence-corrected chi connectivity index (χ3v) is 4.03. The van der Waals surface area contributed by atoms with Crippen LogP contribution in [0.4, 0.5) is 5.69 Å². The predicted octanol–water partition coefficient (Wildman–Crippen LogP) is 3.49. The first-order chi connectivity index (χ1) is 14.1. The Labute approximate surface area is 167 Å². The van der Waals surface area contributed by atoms with Crippen molar-refractivity contribution in [1.82, 2.24) is 10.2 Å². The number of esters is 1. The maximum Gasteiger partial charge on any atom is 0.338 e. The molecule has 0 aliphatic heterocycles. The van der Waals surface area contributed by atoms with Crippen LogP contribution in [0.1, 0.15) is 29.6 Å². The number of nitrogens with one attached hydrogen (secondary N) is 1. The largest absolute Gasteiger partial charge is 0.497 e. The van der Waals surface area contributed by atoms with Crippen LogP contribution in [0.15, 0.2) is 52.9 Å². The normalized spacial score (nSPS) is 10.4. The summed E-state index contributed by atoms with van der Waals surface area (Å²) in [5.74, 6) is 0.837. The summed E-state index contributed by atoms with van der Waals surface area (Å²) in [5.41, 5.74) is 1.76. The number of amides is 1. The van der Waals surface area contributed by atoms with Crippen LogP contribution in [0.3, 0.4) is 0 Å². The number of carbonyl (C=O) groups is 2. The van der Waals surface area contributed by atoms with E-state index in [0.29, 0.717) is 41.8 Å². The summed E-state index contributed by atoms with van der Waals surface area (Å²) in [7, 11) is 1.58. The number of hydrogen-bond acceptors (Lipinski definition) is 7. The minimum atomic E-state index is -0.395. The lowest BCUT2D eigenvalue weighted by Gasteiger charge is -2.06. The molecule has 0 spiro atoms. The van der Waals surface area contributed by atoms with Gasteiger partial charge in [0.05, 0.1) is 19.3 Å². The lowest BCUT2D eigenvalue weighted by atomic mass is 10.2. The number of benzene rings is 2. The molecule has 0 saturated heterocycles. The molecule has 0 aliphatic carbocycles. The van der Waals surface area contributed by atoms with Gasteiger partial charge in [-0.25, -0.2) is 4.79 Å². The summed E-state index contributed by atoms with van der Waals surface area (Å²) >= 11 is 0. The maximum absolute atomic E-state index is 12.2. The summed E-state index contributed by atoms with van der Waals surface area (Å²) in [6.45, 7) is 2.06. The van der Waals surface area contributed by atoms with Gasteiger partial charge in [0.1, 0.15) is 5.75 Å². The van der Waals surface area contributed by atoms with Gasteiger partial charge in [-0.2, -0.15) is 0 Å². The van der Waals surface area contributed by atoms with Crippen molar-refractivity contribution in [3.8, 4) is 17.2 Å². The summed E-state index contributed by atoms with van der Waals surface area (Å²) in [6, 6.07) is 13.8. The van der Waals surface area contributed by atoms with E-state index in [1.54, 1.807) is 44.4 Å². The number of rotatable bonds is 8. The van der Waals surface area contributed by atoms with Crippen molar-refractivity contribution in [3.63, 3.8) is 0 Å². The zero-order valence-electron chi connectivity index (χ0n) is 16.2. The second kappa shape index (κ2) is 9.50. The van der Waals surface area contributed by atoms with Gasteiger partial charge in [0.2, 0.25) is 17.7 Å². The quantitative estimate of drug-likeness (QED) is 0.582. The van der Waals surface area contributed by atoms with Crippen molar-refractivity contribution in [2.24, 2.45) is 0 Å². The van der Waals surface area contributed by atoms with Crippen LogP contribution >= 0.6 is 0 Å². The van der Waals surface area contributed by atoms with Crippen LogP contribution in [0.5, 0.6) is 5.75 Å². The van der Waals surface area contributed by atoms with E-state index in [1.165, 1.54) is 0 Å². The molecule has 0 unspecified atom stereocenters. The molecule has 3 rings (SSSR count). The molecule has 2 aromatic carbocycles. The molecule has 0 fully saturated rings. The molecule has 1 amide bonds. The number of carbonyl (C=O) groups excluding carboxylic acids is 2. The average Bonchev–Trinajstić information content (AvgIpc) is 3.22. The van der Waals surface area contributed by atoms with E-state index in [-0.39, 0.29) is 12.3 Å². The van der Waals surface area contributed by atoms with E-state index in [4.69, 9.17) is 13.9 Å². The van der Waals surface area contributed by atoms with E-state index >= 15 is 0 Å². The summed E-state index contributed by atoms with van der Waals surface area (Å²) in [4.78, 5) is 23.8. The van der Waals surface area contributed by atoms with E-state index in [2.05, 4.69) is 15.5 Å². The monoisotopic (exact) mass is 395 g/mol. The van der Waals surface area contributed by atoms with Crippen LogP contribution in [-0.4, -0.2) is 35.8 Å². The number of ether oxygens (including phenoxy) is 2. The Bertz CT molecular complexity index is 982. The first-order valence-electron chi connectivity index (χ1n) is 9.13. The summed E-state index contributed by atoms with van der Waals surface area (Å²) < 4.78 is 15.7. The molecule has 3 aromatic rings. The number of nitrogens with zero attached hydrogens (tertiary/aromatic N) is 2. The first kappa shape index (κ1) is 20.1. The molecule has 0 bridgehead atoms. The Hall–Kier alpha value is -3.68. The maximum atomic E-state index is 12.2. The highest BCUT2D eigenvalue weighted by Crippen LogP contribution is 2.23. The fraction of sp³-hybridized carbons (Fsp3) is 0.238. The standard InChI is InChI=1S/C21H21N3O5/c1-3-28-21(26)14-7-9-16(10-8-14)22-18(25)11-12-19-23-24-20(29-19)15-5-4-6-17(13-15)27-2/h4-10,13H,3,11-12H2,1-2H3,(H,22,25). The highest BCUT2D eigenvalue weighted by Gasteiger charge is 2.12. The molecule has 0 aliphatic rings. The number of methoxy groups -OCH3 is 1. The molecule has 1 heterocycles. The van der Waals surface area contributed by atoms with Gasteiger partial charge < -0.3 is 19.2 Å².